The molecule has 1 aliphatic carbocycles. The van der Waals surface area contributed by atoms with Crippen LogP contribution in [0.3, 0.4) is 0 Å². The molecule has 19 heavy (non-hydrogen) atoms. The largest absolute Gasteiger partial charge is 0.317 e. The van der Waals surface area contributed by atoms with E-state index in [0.717, 1.165) is 12.0 Å². The Hall–Kier alpha value is -0.120. The Labute approximate surface area is 119 Å². The van der Waals surface area contributed by atoms with E-state index in [1.165, 1.54) is 64.7 Å². The molecule has 0 aromatic carbocycles. The van der Waals surface area contributed by atoms with E-state index in [9.17, 15) is 0 Å². The van der Waals surface area contributed by atoms with Crippen molar-refractivity contribution in [3.8, 4) is 0 Å². The molecule has 0 aromatic rings. The van der Waals surface area contributed by atoms with Crippen molar-refractivity contribution >= 4 is 0 Å². The van der Waals surface area contributed by atoms with E-state index in [-0.39, 0.29) is 0 Å². The van der Waals surface area contributed by atoms with Crippen LogP contribution in [-0.4, -0.2) is 62.2 Å². The van der Waals surface area contributed by atoms with Gasteiger partial charge in [0.25, 0.3) is 0 Å². The minimum atomic E-state index is 0.716. The Morgan fingerprint density at radius 2 is 1.84 bits per heavy atom. The lowest BCUT2D eigenvalue weighted by atomic mass is 9.93. The lowest BCUT2D eigenvalue weighted by Crippen LogP contribution is -2.45. The van der Waals surface area contributed by atoms with E-state index in [1.54, 1.807) is 0 Å². The summed E-state index contributed by atoms with van der Waals surface area (Å²) in [6.07, 6.45) is 8.42. The predicted molar refractivity (Wildman–Crippen MR) is 82.6 cm³/mol. The van der Waals surface area contributed by atoms with Crippen LogP contribution in [0.15, 0.2) is 0 Å². The molecule has 3 atom stereocenters. The molecular weight excluding hydrogens is 234 g/mol. The lowest BCUT2D eigenvalue weighted by Gasteiger charge is -2.34. The molecule has 3 unspecified atom stereocenters. The van der Waals surface area contributed by atoms with Crippen molar-refractivity contribution < 1.29 is 0 Å². The summed E-state index contributed by atoms with van der Waals surface area (Å²) in [5, 5.41) is 3.59. The van der Waals surface area contributed by atoms with Gasteiger partial charge in [-0.15, -0.1) is 0 Å². The first-order valence-corrected chi connectivity index (χ1v) is 8.30. The number of rotatable bonds is 3. The average molecular weight is 267 g/mol. The van der Waals surface area contributed by atoms with Gasteiger partial charge in [-0.3, -0.25) is 4.90 Å². The van der Waals surface area contributed by atoms with Crippen molar-refractivity contribution in [1.82, 2.24) is 15.1 Å². The highest BCUT2D eigenvalue weighted by Crippen LogP contribution is 2.25. The average Bonchev–Trinajstić information content (AvgIpc) is 2.69. The highest BCUT2D eigenvalue weighted by atomic mass is 15.2. The van der Waals surface area contributed by atoms with Gasteiger partial charge in [0.05, 0.1) is 0 Å². The summed E-state index contributed by atoms with van der Waals surface area (Å²) in [5.41, 5.74) is 0. The molecule has 1 saturated heterocycles. The van der Waals surface area contributed by atoms with Gasteiger partial charge in [-0.25, -0.2) is 0 Å². The fourth-order valence-electron chi connectivity index (χ4n) is 3.98. The Morgan fingerprint density at radius 1 is 1.05 bits per heavy atom. The molecule has 1 aliphatic heterocycles. The molecule has 0 radical (unpaired) electrons. The van der Waals surface area contributed by atoms with E-state index in [4.69, 9.17) is 0 Å². The zero-order valence-electron chi connectivity index (χ0n) is 13.2. The summed E-state index contributed by atoms with van der Waals surface area (Å²) < 4.78 is 0. The zero-order valence-corrected chi connectivity index (χ0v) is 13.2. The first kappa shape index (κ1) is 15.3. The quantitative estimate of drug-likeness (QED) is 0.791. The predicted octanol–water partition coefficient (Wildman–Crippen LogP) is 2.18. The van der Waals surface area contributed by atoms with Gasteiger partial charge in [0.1, 0.15) is 0 Å². The van der Waals surface area contributed by atoms with E-state index < -0.39 is 0 Å². The molecule has 2 aliphatic rings. The second-order valence-electron chi connectivity index (χ2n) is 6.75. The van der Waals surface area contributed by atoms with Crippen molar-refractivity contribution in [1.29, 1.82) is 0 Å². The van der Waals surface area contributed by atoms with Gasteiger partial charge in [-0.2, -0.15) is 0 Å². The summed E-state index contributed by atoms with van der Waals surface area (Å²) in [7, 11) is 4.42. The molecule has 1 heterocycles. The molecule has 0 amide bonds. The number of likely N-dealkylation sites (N-methyl/N-ethyl adjacent to an activating group) is 1. The number of hydrogen-bond donors (Lipinski definition) is 1. The van der Waals surface area contributed by atoms with Gasteiger partial charge in [0.15, 0.2) is 0 Å². The van der Waals surface area contributed by atoms with Crippen molar-refractivity contribution in [2.24, 2.45) is 5.92 Å². The molecule has 0 bridgehead atoms. The minimum Gasteiger partial charge on any atom is -0.317 e. The standard InChI is InChI=1S/C16H33N3/c1-14-12-18(3)10-7-11-19(14)13-15-8-5-4-6-9-16(15)17-2/h14-17H,4-13H2,1-3H3. The van der Waals surface area contributed by atoms with Crippen LogP contribution in [0.4, 0.5) is 0 Å². The van der Waals surface area contributed by atoms with Crippen LogP contribution in [0.2, 0.25) is 0 Å². The van der Waals surface area contributed by atoms with E-state index in [0.29, 0.717) is 6.04 Å². The van der Waals surface area contributed by atoms with Crippen molar-refractivity contribution in [2.75, 3.05) is 40.3 Å². The van der Waals surface area contributed by atoms with Gasteiger partial charge >= 0.3 is 0 Å². The lowest BCUT2D eigenvalue weighted by molar-refractivity contribution is 0.153. The number of nitrogens with zero attached hydrogens (tertiary/aromatic N) is 2. The smallest absolute Gasteiger partial charge is 0.0194 e. The first-order valence-electron chi connectivity index (χ1n) is 8.30. The van der Waals surface area contributed by atoms with Gasteiger partial charge in [-0.1, -0.05) is 19.3 Å². The molecular formula is C16H33N3. The Bertz CT molecular complexity index is 256. The molecule has 2 fully saturated rings. The second kappa shape index (κ2) is 7.61. The summed E-state index contributed by atoms with van der Waals surface area (Å²) >= 11 is 0. The van der Waals surface area contributed by atoms with E-state index in [1.807, 2.05) is 0 Å². The van der Waals surface area contributed by atoms with Crippen LogP contribution in [0.5, 0.6) is 0 Å². The second-order valence-corrected chi connectivity index (χ2v) is 6.75. The van der Waals surface area contributed by atoms with Crippen molar-refractivity contribution in [3.05, 3.63) is 0 Å². The van der Waals surface area contributed by atoms with E-state index in [2.05, 4.69) is 36.1 Å². The highest BCUT2D eigenvalue weighted by Gasteiger charge is 2.27. The number of hydrogen-bond acceptors (Lipinski definition) is 3. The Balaban J connectivity index is 1.93. The van der Waals surface area contributed by atoms with Gasteiger partial charge in [0, 0.05) is 25.2 Å². The summed E-state index contributed by atoms with van der Waals surface area (Å²) in [5.74, 6) is 0.860. The first-order chi connectivity index (χ1) is 9.20. The van der Waals surface area contributed by atoms with Gasteiger partial charge in [-0.05, 0) is 59.3 Å². The number of nitrogens with one attached hydrogen (secondary N) is 1. The third kappa shape index (κ3) is 4.44. The summed E-state index contributed by atoms with van der Waals surface area (Å²) in [6.45, 7) is 7.50. The summed E-state index contributed by atoms with van der Waals surface area (Å²) in [4.78, 5) is 5.25. The van der Waals surface area contributed by atoms with Crippen LogP contribution in [0.1, 0.15) is 45.4 Å². The monoisotopic (exact) mass is 267 g/mol. The molecule has 3 heteroatoms. The molecule has 2 rings (SSSR count). The maximum Gasteiger partial charge on any atom is 0.0194 e. The topological polar surface area (TPSA) is 18.5 Å². The molecule has 1 N–H and O–H groups in total. The normalized spacial score (nSPS) is 35.8. The van der Waals surface area contributed by atoms with Crippen LogP contribution in [0.25, 0.3) is 0 Å². The van der Waals surface area contributed by atoms with Crippen LogP contribution in [-0.2, 0) is 0 Å². The maximum absolute atomic E-state index is 3.59. The Kier molecular flexibility index (Phi) is 6.11. The van der Waals surface area contributed by atoms with Crippen LogP contribution < -0.4 is 5.32 Å². The fourth-order valence-corrected chi connectivity index (χ4v) is 3.98. The van der Waals surface area contributed by atoms with Crippen molar-refractivity contribution in [3.63, 3.8) is 0 Å². The molecule has 1 saturated carbocycles. The SMILES string of the molecule is CNC1CCCCCC1CN1CCCN(C)CC1C. The van der Waals surface area contributed by atoms with Gasteiger partial charge in [0.2, 0.25) is 0 Å². The van der Waals surface area contributed by atoms with E-state index >= 15 is 0 Å². The Morgan fingerprint density at radius 3 is 2.63 bits per heavy atom. The molecule has 3 nitrogen and oxygen atoms in total. The summed E-state index contributed by atoms with van der Waals surface area (Å²) in [6, 6.07) is 1.46. The van der Waals surface area contributed by atoms with Crippen LogP contribution >= 0.6 is 0 Å². The minimum absolute atomic E-state index is 0.716. The fraction of sp³-hybridized carbons (Fsp3) is 1.00. The van der Waals surface area contributed by atoms with Gasteiger partial charge < -0.3 is 10.2 Å². The molecule has 0 aromatic heterocycles. The zero-order chi connectivity index (χ0) is 13.7. The molecule has 0 spiro atoms. The van der Waals surface area contributed by atoms with Crippen LogP contribution in [0, 0.1) is 5.92 Å². The third-order valence-corrected chi connectivity index (χ3v) is 5.18. The van der Waals surface area contributed by atoms with Crippen molar-refractivity contribution in [2.45, 2.75) is 57.5 Å². The molecule has 112 valence electrons. The maximum atomic E-state index is 3.59. The third-order valence-electron chi connectivity index (χ3n) is 5.18. The highest BCUT2D eigenvalue weighted by molar-refractivity contribution is 4.84.